The molecule has 0 saturated carbocycles. The van der Waals surface area contributed by atoms with Crippen LogP contribution >= 0.6 is 11.3 Å². The number of ether oxygens (including phenoxy) is 2. The van der Waals surface area contributed by atoms with Gasteiger partial charge in [0.25, 0.3) is 11.2 Å². The van der Waals surface area contributed by atoms with Crippen molar-refractivity contribution in [1.82, 2.24) is 4.57 Å². The number of nitro groups is 1. The lowest BCUT2D eigenvalue weighted by atomic mass is 9.95. The number of aromatic nitrogens is 1. The molecule has 36 heavy (non-hydrogen) atoms. The van der Waals surface area contributed by atoms with E-state index in [4.69, 9.17) is 9.47 Å². The molecule has 0 amide bonds. The van der Waals surface area contributed by atoms with Gasteiger partial charge >= 0.3 is 5.97 Å². The van der Waals surface area contributed by atoms with E-state index in [9.17, 15) is 19.7 Å². The number of esters is 1. The normalized spacial score (nSPS) is 15.5. The predicted molar refractivity (Wildman–Crippen MR) is 136 cm³/mol. The van der Waals surface area contributed by atoms with Crippen molar-refractivity contribution < 1.29 is 19.2 Å². The maximum Gasteiger partial charge on any atom is 0.338 e. The van der Waals surface area contributed by atoms with E-state index in [0.717, 1.165) is 5.56 Å². The van der Waals surface area contributed by atoms with Crippen LogP contribution < -0.4 is 19.6 Å². The van der Waals surface area contributed by atoms with E-state index in [1.54, 1.807) is 39.2 Å². The van der Waals surface area contributed by atoms with Gasteiger partial charge in [0.2, 0.25) is 0 Å². The van der Waals surface area contributed by atoms with Gasteiger partial charge in [0, 0.05) is 17.7 Å². The Morgan fingerprint density at radius 1 is 1.25 bits per heavy atom. The summed E-state index contributed by atoms with van der Waals surface area (Å²) in [5.74, 6) is 0.0737. The third-order valence-electron chi connectivity index (χ3n) is 5.58. The SMILES string of the molecule is CCOC(=O)C1=C(C)N=c2sc(=CC=Cc3ccccc3OC)c(=O)n2C1c1cccc([N+](=O)[O-])c1. The fraction of sp³-hybridized carbons (Fsp3) is 0.192. The molecule has 0 N–H and O–H groups in total. The first kappa shape index (κ1) is 24.8. The lowest BCUT2D eigenvalue weighted by molar-refractivity contribution is -0.384. The molecular formula is C26H23N3O6S. The standard InChI is InChI=1S/C26H23N3O6S/c1-4-35-25(31)22-16(2)27-26-28(23(22)18-11-7-12-19(15-18)29(32)33)24(30)21(36-26)14-8-10-17-9-5-6-13-20(17)34-3/h5-15,23H,4H2,1-3H3. The molecule has 2 heterocycles. The van der Waals surface area contributed by atoms with E-state index < -0.39 is 16.9 Å². The number of carbonyl (C=O) groups excluding carboxylic acids is 1. The minimum absolute atomic E-state index is 0.134. The lowest BCUT2D eigenvalue weighted by Crippen LogP contribution is -2.39. The van der Waals surface area contributed by atoms with Crippen LogP contribution in [0.3, 0.4) is 0 Å². The van der Waals surface area contributed by atoms with Crippen molar-refractivity contribution in [1.29, 1.82) is 0 Å². The number of allylic oxidation sites excluding steroid dienone is 2. The second-order valence-electron chi connectivity index (χ2n) is 7.78. The largest absolute Gasteiger partial charge is 0.496 e. The molecule has 0 aliphatic carbocycles. The Labute approximate surface area is 210 Å². The zero-order valence-corrected chi connectivity index (χ0v) is 20.7. The molecule has 1 aliphatic heterocycles. The molecule has 184 valence electrons. The lowest BCUT2D eigenvalue weighted by Gasteiger charge is -2.24. The van der Waals surface area contributed by atoms with Gasteiger partial charge in [0.1, 0.15) is 5.75 Å². The van der Waals surface area contributed by atoms with Gasteiger partial charge in [-0.3, -0.25) is 19.5 Å². The molecule has 1 unspecified atom stereocenters. The third kappa shape index (κ3) is 4.76. The number of nitrogens with zero attached hydrogens (tertiary/aromatic N) is 3. The number of rotatable bonds is 7. The zero-order valence-electron chi connectivity index (χ0n) is 19.8. The molecule has 3 aromatic rings. The first-order chi connectivity index (χ1) is 17.3. The van der Waals surface area contributed by atoms with Crippen molar-refractivity contribution in [3.8, 4) is 5.75 Å². The quantitative estimate of drug-likeness (QED) is 0.276. The van der Waals surface area contributed by atoms with E-state index >= 15 is 0 Å². The van der Waals surface area contributed by atoms with Gasteiger partial charge in [-0.05, 0) is 31.6 Å². The Morgan fingerprint density at radius 2 is 2.03 bits per heavy atom. The molecule has 2 aromatic carbocycles. The molecule has 0 radical (unpaired) electrons. The number of thiazole rings is 1. The number of hydrogen-bond donors (Lipinski definition) is 0. The van der Waals surface area contributed by atoms with Gasteiger partial charge in [-0.1, -0.05) is 53.8 Å². The van der Waals surface area contributed by atoms with Crippen molar-refractivity contribution in [2.45, 2.75) is 19.9 Å². The summed E-state index contributed by atoms with van der Waals surface area (Å²) in [6.07, 6.45) is 5.24. The summed E-state index contributed by atoms with van der Waals surface area (Å²) < 4.78 is 12.4. The highest BCUT2D eigenvalue weighted by Gasteiger charge is 2.33. The van der Waals surface area contributed by atoms with Crippen LogP contribution in [-0.4, -0.2) is 29.2 Å². The minimum Gasteiger partial charge on any atom is -0.496 e. The third-order valence-corrected chi connectivity index (χ3v) is 6.58. The molecule has 4 rings (SSSR count). The van der Waals surface area contributed by atoms with Crippen LogP contribution in [0.2, 0.25) is 0 Å². The van der Waals surface area contributed by atoms with Crippen LogP contribution in [0.25, 0.3) is 12.2 Å². The van der Waals surface area contributed by atoms with E-state index in [1.165, 1.54) is 34.1 Å². The molecule has 1 aromatic heterocycles. The second-order valence-corrected chi connectivity index (χ2v) is 8.79. The summed E-state index contributed by atoms with van der Waals surface area (Å²) in [7, 11) is 1.59. The summed E-state index contributed by atoms with van der Waals surface area (Å²) >= 11 is 1.17. The smallest absolute Gasteiger partial charge is 0.338 e. The maximum atomic E-state index is 13.5. The van der Waals surface area contributed by atoms with Crippen LogP contribution in [0.4, 0.5) is 5.69 Å². The van der Waals surface area contributed by atoms with Gasteiger partial charge in [0.05, 0.1) is 40.5 Å². The number of carbonyl (C=O) groups is 1. The average molecular weight is 506 g/mol. The van der Waals surface area contributed by atoms with Crippen LogP contribution in [0.5, 0.6) is 5.75 Å². The van der Waals surface area contributed by atoms with Crippen molar-refractivity contribution in [2.75, 3.05) is 13.7 Å². The van der Waals surface area contributed by atoms with Crippen molar-refractivity contribution in [2.24, 2.45) is 4.99 Å². The Morgan fingerprint density at radius 3 is 2.75 bits per heavy atom. The highest BCUT2D eigenvalue weighted by atomic mass is 32.1. The number of benzene rings is 2. The molecule has 0 spiro atoms. The Bertz CT molecular complexity index is 1580. The molecule has 10 heteroatoms. The van der Waals surface area contributed by atoms with Gasteiger partial charge < -0.3 is 9.47 Å². The van der Waals surface area contributed by atoms with Crippen LogP contribution in [0, 0.1) is 10.1 Å². The number of fused-ring (bicyclic) bond motifs is 1. The van der Waals surface area contributed by atoms with Crippen molar-refractivity contribution >= 4 is 35.1 Å². The van der Waals surface area contributed by atoms with E-state index in [0.29, 0.717) is 26.3 Å². The zero-order chi connectivity index (χ0) is 25.8. The Hall–Kier alpha value is -4.31. The van der Waals surface area contributed by atoms with Gasteiger partial charge in [-0.15, -0.1) is 0 Å². The van der Waals surface area contributed by atoms with Gasteiger partial charge in [-0.2, -0.15) is 0 Å². The number of methoxy groups -OCH3 is 1. The second kappa shape index (κ2) is 10.5. The van der Waals surface area contributed by atoms with Crippen LogP contribution in [0.15, 0.2) is 75.7 Å². The van der Waals surface area contributed by atoms with Crippen LogP contribution in [-0.2, 0) is 9.53 Å². The van der Waals surface area contributed by atoms with Crippen molar-refractivity contribution in [3.05, 3.63) is 107 Å². The monoisotopic (exact) mass is 505 g/mol. The molecule has 1 aliphatic rings. The number of nitro benzene ring substituents is 1. The number of hydrogen-bond acceptors (Lipinski definition) is 8. The number of non-ortho nitro benzene ring substituents is 1. The topological polar surface area (TPSA) is 113 Å². The predicted octanol–water partition coefficient (Wildman–Crippen LogP) is 3.38. The van der Waals surface area contributed by atoms with E-state index in [-0.39, 0.29) is 23.4 Å². The van der Waals surface area contributed by atoms with Crippen molar-refractivity contribution in [3.63, 3.8) is 0 Å². The highest BCUT2D eigenvalue weighted by Crippen LogP contribution is 2.32. The average Bonchev–Trinajstić information content (AvgIpc) is 3.18. The fourth-order valence-corrected chi connectivity index (χ4v) is 4.97. The summed E-state index contributed by atoms with van der Waals surface area (Å²) in [4.78, 5) is 42.2. The maximum absolute atomic E-state index is 13.5. The Kier molecular flexibility index (Phi) is 7.25. The summed E-state index contributed by atoms with van der Waals surface area (Å²) in [5, 5.41) is 11.4. The van der Waals surface area contributed by atoms with Crippen LogP contribution in [0.1, 0.15) is 31.0 Å². The minimum atomic E-state index is -0.916. The fourth-order valence-electron chi connectivity index (χ4n) is 3.97. The summed E-state index contributed by atoms with van der Waals surface area (Å²) in [5.41, 5.74) is 1.31. The molecule has 0 fully saturated rings. The van der Waals surface area contributed by atoms with Gasteiger partial charge in [-0.25, -0.2) is 9.79 Å². The van der Waals surface area contributed by atoms with E-state index in [1.807, 2.05) is 30.3 Å². The van der Waals surface area contributed by atoms with Gasteiger partial charge in [0.15, 0.2) is 4.80 Å². The molecule has 1 atom stereocenters. The first-order valence-corrected chi connectivity index (χ1v) is 11.9. The molecule has 0 saturated heterocycles. The highest BCUT2D eigenvalue weighted by molar-refractivity contribution is 7.07. The Balaban J connectivity index is 1.87. The molecule has 9 nitrogen and oxygen atoms in total. The first-order valence-electron chi connectivity index (χ1n) is 11.1. The number of para-hydroxylation sites is 1. The molecular weight excluding hydrogens is 482 g/mol. The van der Waals surface area contributed by atoms with E-state index in [2.05, 4.69) is 4.99 Å². The summed E-state index contributed by atoms with van der Waals surface area (Å²) in [6.45, 7) is 3.48. The summed E-state index contributed by atoms with van der Waals surface area (Å²) in [6, 6.07) is 12.5. The molecule has 0 bridgehead atoms.